The molecule has 1 aliphatic rings. The number of rotatable bonds is 6. The maximum atomic E-state index is 12.1. The summed E-state index contributed by atoms with van der Waals surface area (Å²) in [5.41, 5.74) is -0.582. The summed E-state index contributed by atoms with van der Waals surface area (Å²) in [5, 5.41) is 3.29. The Morgan fingerprint density at radius 1 is 1.50 bits per heavy atom. The van der Waals surface area contributed by atoms with Crippen molar-refractivity contribution in [3.8, 4) is 0 Å². The average Bonchev–Trinajstić information content (AvgIpc) is 2.29. The fourth-order valence-corrected chi connectivity index (χ4v) is 2.75. The zero-order valence-corrected chi connectivity index (χ0v) is 12.3. The van der Waals surface area contributed by atoms with Gasteiger partial charge in [-0.25, -0.2) is 0 Å². The topological polar surface area (TPSA) is 41.6 Å². The summed E-state index contributed by atoms with van der Waals surface area (Å²) in [5.74, 6) is 0.594. The minimum atomic E-state index is -0.582. The lowest BCUT2D eigenvalue weighted by Crippen LogP contribution is -2.58. The Hall–Kier alpha value is -0.610. The third-order valence-corrected chi connectivity index (χ3v) is 3.57. The summed E-state index contributed by atoms with van der Waals surface area (Å²) in [6, 6.07) is 0. The Bertz CT molecular complexity index is 271. The Kier molecular flexibility index (Phi) is 6.09. The minimum Gasteiger partial charge on any atom is -0.465 e. The van der Waals surface area contributed by atoms with Crippen LogP contribution in [0.3, 0.4) is 0 Å². The van der Waals surface area contributed by atoms with Gasteiger partial charge in [0.05, 0.1) is 6.61 Å². The number of carbonyl (C=O) groups excluding carboxylic acids is 1. The van der Waals surface area contributed by atoms with Gasteiger partial charge < -0.3 is 15.0 Å². The standard InChI is InChI=1S/C14H28N2O2/c1-5-15-14(4,13(17)18-6-2)11-16-9-7-8-12(3)10-16/h12,15H,5-11H2,1-4H3. The van der Waals surface area contributed by atoms with Crippen LogP contribution in [0, 0.1) is 5.92 Å². The molecule has 4 nitrogen and oxygen atoms in total. The number of esters is 1. The van der Waals surface area contributed by atoms with Crippen molar-refractivity contribution in [1.29, 1.82) is 0 Å². The van der Waals surface area contributed by atoms with Crippen molar-refractivity contribution < 1.29 is 9.53 Å². The van der Waals surface area contributed by atoms with Gasteiger partial charge in [0.2, 0.25) is 0 Å². The molecule has 18 heavy (non-hydrogen) atoms. The molecule has 0 saturated carbocycles. The maximum absolute atomic E-state index is 12.1. The van der Waals surface area contributed by atoms with Crippen molar-refractivity contribution in [3.05, 3.63) is 0 Å². The molecule has 1 heterocycles. The number of hydrogen-bond acceptors (Lipinski definition) is 4. The lowest BCUT2D eigenvalue weighted by atomic mass is 9.96. The van der Waals surface area contributed by atoms with Crippen LogP contribution in [0.4, 0.5) is 0 Å². The molecular formula is C14H28N2O2. The highest BCUT2D eigenvalue weighted by Crippen LogP contribution is 2.18. The summed E-state index contributed by atoms with van der Waals surface area (Å²) in [7, 11) is 0. The monoisotopic (exact) mass is 256 g/mol. The molecule has 0 amide bonds. The Morgan fingerprint density at radius 3 is 2.78 bits per heavy atom. The fourth-order valence-electron chi connectivity index (χ4n) is 2.75. The van der Waals surface area contributed by atoms with E-state index in [1.807, 2.05) is 20.8 Å². The molecule has 0 spiro atoms. The van der Waals surface area contributed by atoms with Gasteiger partial charge in [-0.3, -0.25) is 4.79 Å². The molecule has 2 atom stereocenters. The minimum absolute atomic E-state index is 0.134. The second kappa shape index (κ2) is 7.10. The van der Waals surface area contributed by atoms with E-state index in [0.29, 0.717) is 6.61 Å². The van der Waals surface area contributed by atoms with Crippen molar-refractivity contribution in [2.24, 2.45) is 5.92 Å². The number of hydrogen-bond donors (Lipinski definition) is 1. The van der Waals surface area contributed by atoms with E-state index in [1.54, 1.807) is 0 Å². The number of nitrogens with one attached hydrogen (secondary N) is 1. The van der Waals surface area contributed by atoms with Crippen LogP contribution >= 0.6 is 0 Å². The second-order valence-corrected chi connectivity index (χ2v) is 5.57. The van der Waals surface area contributed by atoms with E-state index in [9.17, 15) is 4.79 Å². The molecule has 4 heteroatoms. The van der Waals surface area contributed by atoms with Gasteiger partial charge in [0.15, 0.2) is 0 Å². The number of likely N-dealkylation sites (tertiary alicyclic amines) is 1. The van der Waals surface area contributed by atoms with Gasteiger partial charge in [-0.15, -0.1) is 0 Å². The highest BCUT2D eigenvalue weighted by Gasteiger charge is 2.36. The molecule has 1 N–H and O–H groups in total. The summed E-state index contributed by atoms with van der Waals surface area (Å²) in [4.78, 5) is 14.5. The molecule has 1 saturated heterocycles. The molecule has 0 radical (unpaired) electrons. The van der Waals surface area contributed by atoms with Crippen molar-refractivity contribution in [3.63, 3.8) is 0 Å². The van der Waals surface area contributed by atoms with Gasteiger partial charge >= 0.3 is 5.97 Å². The first-order chi connectivity index (χ1) is 8.51. The summed E-state index contributed by atoms with van der Waals surface area (Å²) in [6.07, 6.45) is 2.53. The predicted octanol–water partition coefficient (Wildman–Crippen LogP) is 1.65. The predicted molar refractivity (Wildman–Crippen MR) is 73.6 cm³/mol. The summed E-state index contributed by atoms with van der Waals surface area (Å²) < 4.78 is 5.20. The molecule has 0 aliphatic carbocycles. The lowest BCUT2D eigenvalue weighted by Gasteiger charge is -2.37. The van der Waals surface area contributed by atoms with Crippen LogP contribution in [0.5, 0.6) is 0 Å². The first kappa shape index (κ1) is 15.4. The van der Waals surface area contributed by atoms with Crippen LogP contribution in [0.25, 0.3) is 0 Å². The zero-order valence-electron chi connectivity index (χ0n) is 12.3. The van der Waals surface area contributed by atoms with Crippen LogP contribution in [0.2, 0.25) is 0 Å². The third kappa shape index (κ3) is 4.25. The first-order valence-electron chi connectivity index (χ1n) is 7.16. The maximum Gasteiger partial charge on any atom is 0.327 e. The average molecular weight is 256 g/mol. The van der Waals surface area contributed by atoms with Crippen molar-refractivity contribution in [2.45, 2.75) is 46.1 Å². The Balaban J connectivity index is 2.63. The van der Waals surface area contributed by atoms with Gasteiger partial charge in [-0.1, -0.05) is 13.8 Å². The lowest BCUT2D eigenvalue weighted by molar-refractivity contribution is -0.151. The van der Waals surface area contributed by atoms with E-state index in [0.717, 1.165) is 32.1 Å². The van der Waals surface area contributed by atoms with Gasteiger partial charge in [0.1, 0.15) is 5.54 Å². The van der Waals surface area contributed by atoms with E-state index in [1.165, 1.54) is 12.8 Å². The smallest absolute Gasteiger partial charge is 0.327 e. The van der Waals surface area contributed by atoms with Gasteiger partial charge in [0.25, 0.3) is 0 Å². The molecule has 0 aromatic heterocycles. The van der Waals surface area contributed by atoms with Crippen LogP contribution in [-0.4, -0.2) is 49.2 Å². The zero-order chi connectivity index (χ0) is 13.6. The molecule has 2 unspecified atom stereocenters. The highest BCUT2D eigenvalue weighted by atomic mass is 16.5. The number of ether oxygens (including phenoxy) is 1. The van der Waals surface area contributed by atoms with Crippen molar-refractivity contribution >= 4 is 5.97 Å². The SMILES string of the molecule is CCNC(C)(CN1CCCC(C)C1)C(=O)OCC. The summed E-state index contributed by atoms with van der Waals surface area (Å²) >= 11 is 0. The Labute approximate surface area is 111 Å². The molecule has 0 bridgehead atoms. The van der Waals surface area contributed by atoms with Gasteiger partial charge in [0, 0.05) is 13.1 Å². The molecule has 1 aliphatic heterocycles. The Morgan fingerprint density at radius 2 is 2.22 bits per heavy atom. The first-order valence-corrected chi connectivity index (χ1v) is 7.16. The second-order valence-electron chi connectivity index (χ2n) is 5.57. The normalized spacial score (nSPS) is 24.6. The molecular weight excluding hydrogens is 228 g/mol. The van der Waals surface area contributed by atoms with E-state index in [-0.39, 0.29) is 5.97 Å². The number of likely N-dealkylation sites (N-methyl/N-ethyl adjacent to an activating group) is 1. The third-order valence-electron chi connectivity index (χ3n) is 3.57. The highest BCUT2D eigenvalue weighted by molar-refractivity contribution is 5.80. The van der Waals surface area contributed by atoms with Gasteiger partial charge in [-0.2, -0.15) is 0 Å². The molecule has 1 rings (SSSR count). The molecule has 1 fully saturated rings. The van der Waals surface area contributed by atoms with Crippen LogP contribution in [0.1, 0.15) is 40.5 Å². The van der Waals surface area contributed by atoms with Crippen LogP contribution in [0.15, 0.2) is 0 Å². The molecule has 0 aromatic carbocycles. The number of carbonyl (C=O) groups is 1. The number of piperidine rings is 1. The van der Waals surface area contributed by atoms with Crippen molar-refractivity contribution in [1.82, 2.24) is 10.2 Å². The number of nitrogens with zero attached hydrogens (tertiary/aromatic N) is 1. The van der Waals surface area contributed by atoms with Crippen LogP contribution in [-0.2, 0) is 9.53 Å². The van der Waals surface area contributed by atoms with Gasteiger partial charge in [-0.05, 0) is 45.7 Å². The fraction of sp³-hybridized carbons (Fsp3) is 0.929. The van der Waals surface area contributed by atoms with E-state index < -0.39 is 5.54 Å². The quantitative estimate of drug-likeness (QED) is 0.734. The largest absolute Gasteiger partial charge is 0.465 e. The summed E-state index contributed by atoms with van der Waals surface area (Å²) in [6.45, 7) is 12.2. The molecule has 0 aromatic rings. The van der Waals surface area contributed by atoms with E-state index in [2.05, 4.69) is 17.1 Å². The van der Waals surface area contributed by atoms with Crippen LogP contribution < -0.4 is 5.32 Å². The van der Waals surface area contributed by atoms with E-state index >= 15 is 0 Å². The van der Waals surface area contributed by atoms with E-state index in [4.69, 9.17) is 4.74 Å². The van der Waals surface area contributed by atoms with Crippen molar-refractivity contribution in [2.75, 3.05) is 32.8 Å². The molecule has 106 valence electrons.